The van der Waals surface area contributed by atoms with Gasteiger partial charge >= 0.3 is 0 Å². The molecule has 128 valence electrons. The fraction of sp³-hybridized carbons (Fsp3) is 1.00. The summed E-state index contributed by atoms with van der Waals surface area (Å²) in [6.45, 7) is 7.96. The van der Waals surface area contributed by atoms with Crippen molar-refractivity contribution in [3.8, 4) is 0 Å². The van der Waals surface area contributed by atoms with Crippen LogP contribution in [0.3, 0.4) is 0 Å². The van der Waals surface area contributed by atoms with Crippen LogP contribution in [0.2, 0.25) is 0 Å². The Morgan fingerprint density at radius 3 is 1.38 bits per heavy atom. The first-order chi connectivity index (χ1) is 9.86. The highest BCUT2D eigenvalue weighted by Crippen LogP contribution is 2.56. The second-order valence-electron chi connectivity index (χ2n) is 6.12. The predicted octanol–water partition coefficient (Wildman–Crippen LogP) is 4.33. The molecule has 0 aliphatic rings. The minimum atomic E-state index is -3.99. The number of aliphatic hydroxyl groups excluding tert-OH is 2. The number of hydrogen-bond acceptors (Lipinski definition) is 3. The first-order valence-electron chi connectivity index (χ1n) is 8.54. The third-order valence-electron chi connectivity index (χ3n) is 4.51. The van der Waals surface area contributed by atoms with E-state index in [1.807, 2.05) is 13.8 Å². The smallest absolute Gasteiger partial charge is 0.256 e. The van der Waals surface area contributed by atoms with Gasteiger partial charge in [-0.3, -0.25) is 4.57 Å². The molecule has 0 radical (unpaired) electrons. The van der Waals surface area contributed by atoms with Crippen LogP contribution >= 0.6 is 7.37 Å². The van der Waals surface area contributed by atoms with Gasteiger partial charge in [-0.15, -0.1) is 0 Å². The molecule has 0 spiro atoms. The average molecular weight is 322 g/mol. The van der Waals surface area contributed by atoms with Crippen molar-refractivity contribution in [3.63, 3.8) is 0 Å². The highest BCUT2D eigenvalue weighted by atomic mass is 31.2. The Kier molecular flexibility index (Phi) is 10.8. The van der Waals surface area contributed by atoms with Crippen molar-refractivity contribution in [2.75, 3.05) is 0 Å². The lowest BCUT2D eigenvalue weighted by Gasteiger charge is -2.32. The van der Waals surface area contributed by atoms with Crippen LogP contribution in [0.15, 0.2) is 0 Å². The minimum absolute atomic E-state index is 0.209. The predicted molar refractivity (Wildman–Crippen MR) is 88.5 cm³/mol. The molecule has 21 heavy (non-hydrogen) atoms. The number of rotatable bonds is 12. The van der Waals surface area contributed by atoms with Gasteiger partial charge in [-0.25, -0.2) is 0 Å². The van der Waals surface area contributed by atoms with Gasteiger partial charge in [-0.2, -0.15) is 0 Å². The third kappa shape index (κ3) is 6.40. The fourth-order valence-corrected chi connectivity index (χ4v) is 5.06. The zero-order valence-corrected chi connectivity index (χ0v) is 15.1. The van der Waals surface area contributed by atoms with Crippen molar-refractivity contribution < 1.29 is 19.7 Å². The lowest BCUT2D eigenvalue weighted by atomic mass is 10.00. The van der Waals surface area contributed by atoms with Crippen LogP contribution < -0.4 is 0 Å². The molecule has 0 fully saturated rings. The van der Waals surface area contributed by atoms with Crippen LogP contribution in [0.5, 0.6) is 0 Å². The molecular weight excluding hydrogens is 287 g/mol. The van der Waals surface area contributed by atoms with E-state index in [1.165, 1.54) is 0 Å². The third-order valence-corrected chi connectivity index (χ3v) is 6.87. The molecule has 0 saturated carbocycles. The number of aliphatic hydroxyl groups is 2. The van der Waals surface area contributed by atoms with Crippen molar-refractivity contribution in [1.29, 1.82) is 0 Å². The van der Waals surface area contributed by atoms with Crippen molar-refractivity contribution in [2.45, 2.75) is 90.8 Å². The van der Waals surface area contributed by atoms with Gasteiger partial charge in [-0.1, -0.05) is 66.2 Å². The summed E-state index contributed by atoms with van der Waals surface area (Å²) in [6.07, 6.45) is 6.63. The van der Waals surface area contributed by atoms with E-state index in [2.05, 4.69) is 13.8 Å². The van der Waals surface area contributed by atoms with E-state index in [-0.39, 0.29) is 11.8 Å². The van der Waals surface area contributed by atoms with E-state index in [0.29, 0.717) is 12.8 Å². The summed E-state index contributed by atoms with van der Waals surface area (Å²) in [6, 6.07) is 0. The summed E-state index contributed by atoms with van der Waals surface area (Å²) in [5.41, 5.74) is 0. The molecule has 5 heteroatoms. The van der Waals surface area contributed by atoms with E-state index < -0.39 is 19.1 Å². The molecule has 4 nitrogen and oxygen atoms in total. The Labute approximate surface area is 130 Å². The first-order valence-corrected chi connectivity index (χ1v) is 10.3. The average Bonchev–Trinajstić information content (AvgIpc) is 2.48. The number of hydrogen-bond donors (Lipinski definition) is 3. The minimum Gasteiger partial charge on any atom is -0.383 e. The van der Waals surface area contributed by atoms with Crippen molar-refractivity contribution in [3.05, 3.63) is 0 Å². The Balaban J connectivity index is 4.91. The van der Waals surface area contributed by atoms with Crippen LogP contribution in [0.25, 0.3) is 0 Å². The van der Waals surface area contributed by atoms with E-state index in [4.69, 9.17) is 0 Å². The maximum Gasteiger partial charge on any atom is 0.256 e. The largest absolute Gasteiger partial charge is 0.383 e. The molecular formula is C16H35O4P. The van der Waals surface area contributed by atoms with E-state index >= 15 is 0 Å². The summed E-state index contributed by atoms with van der Waals surface area (Å²) < 4.78 is 12.6. The van der Waals surface area contributed by atoms with Crippen LogP contribution in [-0.2, 0) is 4.57 Å². The van der Waals surface area contributed by atoms with Crippen LogP contribution in [0.1, 0.15) is 79.1 Å². The summed E-state index contributed by atoms with van der Waals surface area (Å²) in [4.78, 5) is 10.3. The zero-order chi connectivity index (χ0) is 16.5. The lowest BCUT2D eigenvalue weighted by Crippen LogP contribution is -2.30. The molecule has 0 aliphatic carbocycles. The van der Waals surface area contributed by atoms with Gasteiger partial charge in [0.05, 0.1) is 0 Å². The van der Waals surface area contributed by atoms with Gasteiger partial charge in [-0.05, 0) is 24.7 Å². The summed E-state index contributed by atoms with van der Waals surface area (Å²) in [5.74, 6) is -3.03. The van der Waals surface area contributed by atoms with Gasteiger partial charge in [0.15, 0.2) is 0 Å². The number of unbranched alkanes of at least 4 members (excludes halogenated alkanes) is 2. The van der Waals surface area contributed by atoms with Crippen molar-refractivity contribution in [2.24, 2.45) is 11.8 Å². The maximum atomic E-state index is 12.6. The Bertz CT molecular complexity index is 283. The highest BCUT2D eigenvalue weighted by molar-refractivity contribution is 7.59. The molecule has 0 aromatic carbocycles. The monoisotopic (exact) mass is 322 g/mol. The van der Waals surface area contributed by atoms with Crippen molar-refractivity contribution >= 4 is 7.37 Å². The van der Waals surface area contributed by atoms with E-state index in [1.54, 1.807) is 0 Å². The van der Waals surface area contributed by atoms with Crippen LogP contribution in [-0.4, -0.2) is 26.8 Å². The van der Waals surface area contributed by atoms with Gasteiger partial charge in [0.25, 0.3) is 7.37 Å². The van der Waals surface area contributed by atoms with Crippen molar-refractivity contribution in [1.82, 2.24) is 0 Å². The van der Waals surface area contributed by atoms with E-state index in [9.17, 15) is 19.7 Å². The molecule has 0 aromatic heterocycles. The highest BCUT2D eigenvalue weighted by Gasteiger charge is 2.43. The van der Waals surface area contributed by atoms with Gasteiger partial charge in [0, 0.05) is 0 Å². The van der Waals surface area contributed by atoms with Gasteiger partial charge in [0.2, 0.25) is 0 Å². The second kappa shape index (κ2) is 10.8. The van der Waals surface area contributed by atoms with Crippen LogP contribution in [0, 0.1) is 11.8 Å². The molecule has 0 aromatic rings. The summed E-state index contributed by atoms with van der Waals surface area (Å²) >= 11 is 0. The second-order valence-corrected chi connectivity index (χ2v) is 8.52. The normalized spacial score (nSPS) is 20.5. The molecule has 0 saturated heterocycles. The topological polar surface area (TPSA) is 77.8 Å². The molecule has 4 atom stereocenters. The molecule has 0 bridgehead atoms. The summed E-state index contributed by atoms with van der Waals surface area (Å²) in [5, 5.41) is 20.7. The van der Waals surface area contributed by atoms with Gasteiger partial charge < -0.3 is 15.1 Å². The molecule has 0 amide bonds. The quantitative estimate of drug-likeness (QED) is 0.467. The molecule has 3 N–H and O–H groups in total. The lowest BCUT2D eigenvalue weighted by molar-refractivity contribution is 0.110. The molecule has 0 heterocycles. The fourth-order valence-electron chi connectivity index (χ4n) is 2.82. The first kappa shape index (κ1) is 21.1. The zero-order valence-electron chi connectivity index (χ0n) is 14.2. The molecule has 0 rings (SSSR count). The van der Waals surface area contributed by atoms with Gasteiger partial charge in [0.1, 0.15) is 11.7 Å². The Morgan fingerprint density at radius 2 is 1.14 bits per heavy atom. The Morgan fingerprint density at radius 1 is 0.810 bits per heavy atom. The maximum absolute atomic E-state index is 12.6. The summed E-state index contributed by atoms with van der Waals surface area (Å²) in [7, 11) is -3.99. The molecule has 0 aliphatic heterocycles. The van der Waals surface area contributed by atoms with E-state index in [0.717, 1.165) is 38.5 Å². The molecule has 4 unspecified atom stereocenters. The Hall–Kier alpha value is 0.110. The standard InChI is InChI=1S/C16H35O4P/c1-5-9-11-13(7-3)15(17)21(19,20)16(18)14(8-4)12-10-6-2/h13-18H,5-12H2,1-4H3,(H,19,20). The SMILES string of the molecule is CCCCC(CC)C(O)P(=O)(O)C(O)C(CC)CCCC. The van der Waals surface area contributed by atoms with Crippen LogP contribution in [0.4, 0.5) is 0 Å².